The molecule has 0 saturated heterocycles. The Hall–Kier alpha value is -2.09. The standard InChI is InChI=1S/C20H25ClN2O4S/c1-15-9-10-18(21)13-19(15)23(28(3,25)26)16(2)20(24)22-11-12-27-14-17-7-5-4-6-8-17/h4-10,13,16H,11-12,14H2,1-3H3,(H,22,24)/t16-/m1/s1. The van der Waals surface area contributed by atoms with E-state index >= 15 is 0 Å². The minimum atomic E-state index is -3.69. The third kappa shape index (κ3) is 6.22. The second-order valence-electron chi connectivity index (χ2n) is 6.49. The molecule has 0 aliphatic rings. The summed E-state index contributed by atoms with van der Waals surface area (Å²) in [6, 6.07) is 13.7. The normalized spacial score (nSPS) is 12.4. The van der Waals surface area contributed by atoms with E-state index in [0.717, 1.165) is 16.1 Å². The molecule has 1 N–H and O–H groups in total. The largest absolute Gasteiger partial charge is 0.375 e. The van der Waals surface area contributed by atoms with Crippen LogP contribution in [0.1, 0.15) is 18.1 Å². The van der Waals surface area contributed by atoms with Crippen LogP contribution < -0.4 is 9.62 Å². The van der Waals surface area contributed by atoms with Crippen molar-refractivity contribution in [3.8, 4) is 0 Å². The van der Waals surface area contributed by atoms with E-state index in [1.165, 1.54) is 0 Å². The van der Waals surface area contributed by atoms with E-state index in [0.29, 0.717) is 29.5 Å². The van der Waals surface area contributed by atoms with Gasteiger partial charge in [-0.3, -0.25) is 9.10 Å². The molecule has 152 valence electrons. The summed E-state index contributed by atoms with van der Waals surface area (Å²) in [7, 11) is -3.69. The molecule has 28 heavy (non-hydrogen) atoms. The minimum absolute atomic E-state index is 0.280. The van der Waals surface area contributed by atoms with E-state index in [4.69, 9.17) is 16.3 Å². The molecule has 0 aromatic heterocycles. The Bertz CT molecular complexity index is 904. The highest BCUT2D eigenvalue weighted by atomic mass is 35.5. The van der Waals surface area contributed by atoms with E-state index in [-0.39, 0.29) is 6.54 Å². The number of sulfonamides is 1. The molecule has 0 saturated carbocycles. The van der Waals surface area contributed by atoms with Crippen LogP contribution in [0.15, 0.2) is 48.5 Å². The molecule has 1 atom stereocenters. The van der Waals surface area contributed by atoms with Crippen LogP contribution in [0.4, 0.5) is 5.69 Å². The van der Waals surface area contributed by atoms with Gasteiger partial charge in [-0.1, -0.05) is 48.0 Å². The van der Waals surface area contributed by atoms with Gasteiger partial charge in [-0.15, -0.1) is 0 Å². The Labute approximate surface area is 171 Å². The first kappa shape index (κ1) is 22.2. The number of amides is 1. The summed E-state index contributed by atoms with van der Waals surface area (Å²) in [5, 5.41) is 3.12. The van der Waals surface area contributed by atoms with Gasteiger partial charge in [0.15, 0.2) is 0 Å². The fourth-order valence-corrected chi connectivity index (χ4v) is 4.15. The van der Waals surface area contributed by atoms with Crippen LogP contribution in [0.25, 0.3) is 0 Å². The van der Waals surface area contributed by atoms with Crippen molar-refractivity contribution >= 4 is 33.2 Å². The van der Waals surface area contributed by atoms with Gasteiger partial charge in [-0.05, 0) is 37.1 Å². The first-order valence-corrected chi connectivity index (χ1v) is 11.1. The Morgan fingerprint density at radius 1 is 1.21 bits per heavy atom. The predicted molar refractivity (Wildman–Crippen MR) is 112 cm³/mol. The summed E-state index contributed by atoms with van der Waals surface area (Å²) in [5.41, 5.74) is 2.14. The number of hydrogen-bond donors (Lipinski definition) is 1. The fraction of sp³-hybridized carbons (Fsp3) is 0.350. The Kier molecular flexibility index (Phi) is 7.86. The highest BCUT2D eigenvalue weighted by molar-refractivity contribution is 7.92. The van der Waals surface area contributed by atoms with Crippen LogP contribution in [0.2, 0.25) is 5.02 Å². The highest BCUT2D eigenvalue weighted by Gasteiger charge is 2.30. The SMILES string of the molecule is Cc1ccc(Cl)cc1N([C@H](C)C(=O)NCCOCc1ccccc1)S(C)(=O)=O. The molecule has 0 heterocycles. The maximum Gasteiger partial charge on any atom is 0.243 e. The lowest BCUT2D eigenvalue weighted by molar-refractivity contribution is -0.122. The number of halogens is 1. The quantitative estimate of drug-likeness (QED) is 0.627. The number of nitrogens with one attached hydrogen (secondary N) is 1. The van der Waals surface area contributed by atoms with E-state index in [1.54, 1.807) is 32.0 Å². The number of rotatable bonds is 9. The van der Waals surface area contributed by atoms with Gasteiger partial charge in [0.2, 0.25) is 15.9 Å². The smallest absolute Gasteiger partial charge is 0.243 e. The lowest BCUT2D eigenvalue weighted by Gasteiger charge is -2.29. The van der Waals surface area contributed by atoms with Crippen LogP contribution in [-0.2, 0) is 26.2 Å². The Morgan fingerprint density at radius 2 is 1.89 bits per heavy atom. The molecule has 0 bridgehead atoms. The summed E-state index contributed by atoms with van der Waals surface area (Å²) in [6.07, 6.45) is 1.07. The summed E-state index contributed by atoms with van der Waals surface area (Å²) >= 11 is 6.03. The summed E-state index contributed by atoms with van der Waals surface area (Å²) < 4.78 is 31.3. The van der Waals surface area contributed by atoms with E-state index in [1.807, 2.05) is 30.3 Å². The molecule has 2 rings (SSSR count). The molecule has 0 aliphatic heterocycles. The monoisotopic (exact) mass is 424 g/mol. The van der Waals surface area contributed by atoms with Gasteiger partial charge in [-0.25, -0.2) is 8.42 Å². The van der Waals surface area contributed by atoms with Crippen molar-refractivity contribution in [3.05, 3.63) is 64.7 Å². The molecule has 0 aliphatic carbocycles. The average Bonchev–Trinajstić information content (AvgIpc) is 2.64. The number of ether oxygens (including phenoxy) is 1. The molecule has 0 spiro atoms. The van der Waals surface area contributed by atoms with Crippen LogP contribution in [0, 0.1) is 6.92 Å². The molecule has 1 amide bonds. The Balaban J connectivity index is 1.97. The second kappa shape index (κ2) is 9.91. The minimum Gasteiger partial charge on any atom is -0.375 e. The van der Waals surface area contributed by atoms with Crippen LogP contribution in [0.3, 0.4) is 0 Å². The molecule has 6 nitrogen and oxygen atoms in total. The lowest BCUT2D eigenvalue weighted by atomic mass is 10.2. The molecule has 2 aromatic rings. The number of benzene rings is 2. The molecule has 8 heteroatoms. The summed E-state index contributed by atoms with van der Waals surface area (Å²) in [5.74, 6) is -0.409. The predicted octanol–water partition coefficient (Wildman–Crippen LogP) is 3.14. The fourth-order valence-electron chi connectivity index (χ4n) is 2.76. The molecular weight excluding hydrogens is 400 g/mol. The number of carbonyl (C=O) groups excluding carboxylic acids is 1. The number of carbonyl (C=O) groups is 1. The highest BCUT2D eigenvalue weighted by Crippen LogP contribution is 2.28. The molecule has 0 fully saturated rings. The van der Waals surface area contributed by atoms with Gasteiger partial charge < -0.3 is 10.1 Å². The van der Waals surface area contributed by atoms with Gasteiger partial charge in [-0.2, -0.15) is 0 Å². The summed E-state index contributed by atoms with van der Waals surface area (Å²) in [4.78, 5) is 12.5. The van der Waals surface area contributed by atoms with Crippen LogP contribution in [-0.4, -0.2) is 39.8 Å². The van der Waals surface area contributed by atoms with Gasteiger partial charge in [0.1, 0.15) is 6.04 Å². The third-order valence-corrected chi connectivity index (χ3v) is 5.62. The topological polar surface area (TPSA) is 75.7 Å². The van der Waals surface area contributed by atoms with E-state index in [2.05, 4.69) is 5.32 Å². The van der Waals surface area contributed by atoms with Gasteiger partial charge in [0, 0.05) is 11.6 Å². The van der Waals surface area contributed by atoms with Gasteiger partial charge >= 0.3 is 0 Å². The number of aryl methyl sites for hydroxylation is 1. The van der Waals surface area contributed by atoms with Crippen LogP contribution in [0.5, 0.6) is 0 Å². The first-order chi connectivity index (χ1) is 13.2. The van der Waals surface area contributed by atoms with Crippen molar-refractivity contribution in [3.63, 3.8) is 0 Å². The number of anilines is 1. The maximum absolute atomic E-state index is 12.5. The molecule has 0 unspecified atom stereocenters. The zero-order valence-corrected chi connectivity index (χ0v) is 17.8. The zero-order valence-electron chi connectivity index (χ0n) is 16.2. The Morgan fingerprint density at radius 3 is 2.54 bits per heavy atom. The van der Waals surface area contributed by atoms with Crippen molar-refractivity contribution in [2.45, 2.75) is 26.5 Å². The van der Waals surface area contributed by atoms with Crippen molar-refractivity contribution < 1.29 is 17.9 Å². The van der Waals surface area contributed by atoms with Gasteiger partial charge in [0.05, 0.1) is 25.2 Å². The molecule has 2 aromatic carbocycles. The van der Waals surface area contributed by atoms with Crippen molar-refractivity contribution in [2.24, 2.45) is 0 Å². The van der Waals surface area contributed by atoms with Gasteiger partial charge in [0.25, 0.3) is 0 Å². The maximum atomic E-state index is 12.5. The van der Waals surface area contributed by atoms with Crippen molar-refractivity contribution in [1.82, 2.24) is 5.32 Å². The van der Waals surface area contributed by atoms with E-state index in [9.17, 15) is 13.2 Å². The average molecular weight is 425 g/mol. The van der Waals surface area contributed by atoms with Crippen LogP contribution >= 0.6 is 11.6 Å². The number of hydrogen-bond acceptors (Lipinski definition) is 4. The third-order valence-electron chi connectivity index (χ3n) is 4.15. The lowest BCUT2D eigenvalue weighted by Crippen LogP contribution is -2.48. The number of nitrogens with zero attached hydrogens (tertiary/aromatic N) is 1. The van der Waals surface area contributed by atoms with E-state index < -0.39 is 22.0 Å². The molecular formula is C20H25ClN2O4S. The first-order valence-electron chi connectivity index (χ1n) is 8.85. The zero-order chi connectivity index (χ0) is 20.7. The summed E-state index contributed by atoms with van der Waals surface area (Å²) in [6.45, 7) is 4.36. The second-order valence-corrected chi connectivity index (χ2v) is 8.79. The molecule has 0 radical (unpaired) electrons. The van der Waals surface area contributed by atoms with Crippen molar-refractivity contribution in [2.75, 3.05) is 23.7 Å². The van der Waals surface area contributed by atoms with Crippen molar-refractivity contribution in [1.29, 1.82) is 0 Å².